The molecule has 1 aromatic carbocycles. The van der Waals surface area contributed by atoms with E-state index in [-0.39, 0.29) is 23.7 Å². The molecule has 0 spiro atoms. The van der Waals surface area contributed by atoms with Crippen LogP contribution in [0.25, 0.3) is 0 Å². The highest BCUT2D eigenvalue weighted by atomic mass is 32.1. The molecule has 10 nitrogen and oxygen atoms in total. The summed E-state index contributed by atoms with van der Waals surface area (Å²) in [4.78, 5) is 28.4. The van der Waals surface area contributed by atoms with Crippen LogP contribution in [0.4, 0.5) is 22.7 Å². The standard InChI is InChI=1S/C26H27F4N7O3S/c27-20-10-9-19(40-26(28,29)30)13-16(20)14-22(38)34-21(32)11-8-17(31)5-1-2-7-24-36-37-25(41-24)35-23(39)15-18-6-3-4-12-33-18/h3-4,6,8-13H,1-2,5,7,14-15,31-32H2,(H,34,38)(H,35,37,39)/b17-8-,21-11+. The zero-order valence-electron chi connectivity index (χ0n) is 21.6. The fraction of sp³-hybridized carbons (Fsp3) is 0.269. The average molecular weight is 594 g/mol. The maximum Gasteiger partial charge on any atom is 0.573 e. The Morgan fingerprint density at radius 1 is 1.02 bits per heavy atom. The number of pyridine rings is 1. The molecule has 0 aliphatic rings. The van der Waals surface area contributed by atoms with Crippen LogP contribution in [0.1, 0.15) is 35.5 Å². The molecule has 0 aliphatic heterocycles. The summed E-state index contributed by atoms with van der Waals surface area (Å²) >= 11 is 1.29. The summed E-state index contributed by atoms with van der Waals surface area (Å²) in [6.45, 7) is 0. The first-order valence-corrected chi connectivity index (χ1v) is 13.1. The van der Waals surface area contributed by atoms with Crippen molar-refractivity contribution in [3.63, 3.8) is 0 Å². The Kier molecular flexibility index (Phi) is 11.1. The zero-order chi connectivity index (χ0) is 29.8. The number of allylic oxidation sites excluding steroid dienone is 3. The van der Waals surface area contributed by atoms with Crippen molar-refractivity contribution in [3.8, 4) is 5.75 Å². The van der Waals surface area contributed by atoms with Gasteiger partial charge in [-0.25, -0.2) is 4.39 Å². The number of carbonyl (C=O) groups excluding carboxylic acids is 2. The monoisotopic (exact) mass is 593 g/mol. The lowest BCUT2D eigenvalue weighted by Crippen LogP contribution is -2.29. The molecule has 0 saturated carbocycles. The van der Waals surface area contributed by atoms with Crippen molar-refractivity contribution in [2.24, 2.45) is 11.5 Å². The highest BCUT2D eigenvalue weighted by Crippen LogP contribution is 2.25. The van der Waals surface area contributed by atoms with E-state index in [0.717, 1.165) is 36.0 Å². The summed E-state index contributed by atoms with van der Waals surface area (Å²) < 4.78 is 54.8. The third kappa shape index (κ3) is 11.6. The fourth-order valence-electron chi connectivity index (χ4n) is 3.42. The Morgan fingerprint density at radius 3 is 2.56 bits per heavy atom. The molecule has 2 amide bonds. The molecule has 0 saturated heterocycles. The summed E-state index contributed by atoms with van der Waals surface area (Å²) in [6, 6.07) is 7.72. The normalized spacial score (nSPS) is 12.2. The van der Waals surface area contributed by atoms with Gasteiger partial charge in [0.2, 0.25) is 16.9 Å². The van der Waals surface area contributed by atoms with Crippen molar-refractivity contribution in [2.45, 2.75) is 44.9 Å². The maximum absolute atomic E-state index is 13.9. The lowest BCUT2D eigenvalue weighted by Gasteiger charge is -2.11. The van der Waals surface area contributed by atoms with Crippen LogP contribution in [0.5, 0.6) is 5.75 Å². The first kappa shape index (κ1) is 31.0. The van der Waals surface area contributed by atoms with E-state index in [1.54, 1.807) is 24.4 Å². The van der Waals surface area contributed by atoms with E-state index in [2.05, 4.69) is 30.6 Å². The Hall–Kier alpha value is -4.53. The van der Waals surface area contributed by atoms with E-state index >= 15 is 0 Å². The number of anilines is 1. The number of carbonyl (C=O) groups is 2. The van der Waals surface area contributed by atoms with Gasteiger partial charge in [0.15, 0.2) is 0 Å². The second-order valence-electron chi connectivity index (χ2n) is 8.64. The number of aromatic nitrogens is 3. The van der Waals surface area contributed by atoms with Gasteiger partial charge in [-0.05, 0) is 61.7 Å². The molecule has 218 valence electrons. The first-order valence-electron chi connectivity index (χ1n) is 12.2. The number of unbranched alkanes of at least 4 members (excludes halogenated alkanes) is 1. The number of alkyl halides is 3. The summed E-state index contributed by atoms with van der Waals surface area (Å²) in [5, 5.41) is 14.3. The zero-order valence-corrected chi connectivity index (χ0v) is 22.4. The second kappa shape index (κ2) is 14.7. The van der Waals surface area contributed by atoms with Crippen LogP contribution in [0.2, 0.25) is 0 Å². The topological polar surface area (TPSA) is 158 Å². The summed E-state index contributed by atoms with van der Waals surface area (Å²) in [6.07, 6.45) is 1.76. The van der Waals surface area contributed by atoms with Crippen LogP contribution in [0.3, 0.4) is 0 Å². The van der Waals surface area contributed by atoms with Gasteiger partial charge in [0.05, 0.1) is 12.8 Å². The number of ether oxygens (including phenoxy) is 1. The number of hydrogen-bond acceptors (Lipinski definition) is 9. The van der Waals surface area contributed by atoms with Crippen LogP contribution in [-0.2, 0) is 28.9 Å². The second-order valence-corrected chi connectivity index (χ2v) is 9.71. The van der Waals surface area contributed by atoms with Crippen LogP contribution in [0.15, 0.2) is 66.3 Å². The van der Waals surface area contributed by atoms with Crippen LogP contribution in [0, 0.1) is 5.82 Å². The van der Waals surface area contributed by atoms with Gasteiger partial charge in [-0.3, -0.25) is 14.6 Å². The molecular weight excluding hydrogens is 566 g/mol. The molecule has 6 N–H and O–H groups in total. The summed E-state index contributed by atoms with van der Waals surface area (Å²) in [5.41, 5.74) is 12.6. The number of rotatable bonds is 13. The average Bonchev–Trinajstić information content (AvgIpc) is 3.34. The number of nitrogens with zero attached hydrogens (tertiary/aromatic N) is 3. The van der Waals surface area contributed by atoms with Crippen molar-refractivity contribution in [2.75, 3.05) is 5.32 Å². The molecule has 0 aliphatic carbocycles. The van der Waals surface area contributed by atoms with Crippen LogP contribution >= 0.6 is 11.3 Å². The Balaban J connectivity index is 1.38. The van der Waals surface area contributed by atoms with E-state index in [1.807, 2.05) is 0 Å². The largest absolute Gasteiger partial charge is 0.573 e. The lowest BCUT2D eigenvalue weighted by molar-refractivity contribution is -0.274. The number of hydrogen-bond donors (Lipinski definition) is 4. The van der Waals surface area contributed by atoms with Crippen molar-refractivity contribution >= 4 is 28.3 Å². The fourth-order valence-corrected chi connectivity index (χ4v) is 4.22. The number of nitrogens with two attached hydrogens (primary N) is 2. The minimum atomic E-state index is -4.95. The molecule has 0 atom stereocenters. The number of amides is 2. The van der Waals surface area contributed by atoms with Crippen molar-refractivity contribution in [1.82, 2.24) is 20.5 Å². The van der Waals surface area contributed by atoms with Gasteiger partial charge in [0.1, 0.15) is 22.4 Å². The molecule has 3 rings (SSSR count). The Morgan fingerprint density at radius 2 is 1.83 bits per heavy atom. The van der Waals surface area contributed by atoms with Gasteiger partial charge < -0.3 is 26.8 Å². The Labute approximate surface area is 236 Å². The molecule has 0 radical (unpaired) electrons. The van der Waals surface area contributed by atoms with Crippen molar-refractivity contribution in [3.05, 3.63) is 88.3 Å². The smallest absolute Gasteiger partial charge is 0.406 e. The summed E-state index contributed by atoms with van der Waals surface area (Å²) in [5.74, 6) is -2.55. The van der Waals surface area contributed by atoms with E-state index in [4.69, 9.17) is 11.5 Å². The van der Waals surface area contributed by atoms with Gasteiger partial charge in [-0.1, -0.05) is 17.4 Å². The highest BCUT2D eigenvalue weighted by molar-refractivity contribution is 7.15. The minimum Gasteiger partial charge on any atom is -0.406 e. The molecule has 15 heteroatoms. The first-order chi connectivity index (χ1) is 19.5. The molecule has 41 heavy (non-hydrogen) atoms. The molecule has 0 unspecified atom stereocenters. The number of halogens is 4. The van der Waals surface area contributed by atoms with Gasteiger partial charge >= 0.3 is 6.36 Å². The van der Waals surface area contributed by atoms with Crippen LogP contribution < -0.4 is 26.8 Å². The number of benzene rings is 1. The summed E-state index contributed by atoms with van der Waals surface area (Å²) in [7, 11) is 0. The van der Waals surface area contributed by atoms with Gasteiger partial charge in [-0.2, -0.15) is 0 Å². The van der Waals surface area contributed by atoms with Gasteiger partial charge in [-0.15, -0.1) is 23.4 Å². The molecule has 0 fully saturated rings. The lowest BCUT2D eigenvalue weighted by atomic mass is 10.1. The van der Waals surface area contributed by atoms with Gasteiger partial charge in [0.25, 0.3) is 0 Å². The SMILES string of the molecule is N/C(=C\C=C(/N)NC(=O)Cc1cc(OC(F)(F)F)ccc1F)CCCCc1nnc(NC(=O)Cc2ccccn2)s1. The quantitative estimate of drug-likeness (QED) is 0.132. The number of nitrogens with one attached hydrogen (secondary N) is 2. The third-order valence-electron chi connectivity index (χ3n) is 5.25. The molecule has 2 aromatic heterocycles. The van der Waals surface area contributed by atoms with Crippen LogP contribution in [-0.4, -0.2) is 33.4 Å². The predicted molar refractivity (Wildman–Crippen MR) is 144 cm³/mol. The van der Waals surface area contributed by atoms with Crippen molar-refractivity contribution < 1.29 is 31.9 Å². The van der Waals surface area contributed by atoms with Gasteiger partial charge in [0, 0.05) is 29.6 Å². The molecular formula is C26H27F4N7O3S. The minimum absolute atomic E-state index is 0.0764. The van der Waals surface area contributed by atoms with E-state index in [0.29, 0.717) is 29.4 Å². The van der Waals surface area contributed by atoms with E-state index < -0.39 is 30.3 Å². The highest BCUT2D eigenvalue weighted by Gasteiger charge is 2.31. The van der Waals surface area contributed by atoms with E-state index in [9.17, 15) is 27.2 Å². The van der Waals surface area contributed by atoms with E-state index in [1.165, 1.54) is 23.5 Å². The molecule has 3 aromatic rings. The number of aryl methyl sites for hydroxylation is 1. The predicted octanol–water partition coefficient (Wildman–Crippen LogP) is 3.87. The third-order valence-corrected chi connectivity index (χ3v) is 6.15. The maximum atomic E-state index is 13.9. The molecule has 2 heterocycles. The Bertz CT molecular complexity index is 1400. The van der Waals surface area contributed by atoms with Crippen molar-refractivity contribution in [1.29, 1.82) is 0 Å². The molecule has 0 bridgehead atoms.